The third kappa shape index (κ3) is 3.29. The van der Waals surface area contributed by atoms with Gasteiger partial charge in [0.05, 0.1) is 31.5 Å². The van der Waals surface area contributed by atoms with Gasteiger partial charge in [0.1, 0.15) is 0 Å². The Morgan fingerprint density at radius 3 is 2.35 bits per heavy atom. The zero-order valence-corrected chi connectivity index (χ0v) is 22.6. The van der Waals surface area contributed by atoms with Crippen LogP contribution in [0.2, 0.25) is 0 Å². The monoisotopic (exact) mass is 479 g/mol. The largest absolute Gasteiger partial charge is 0.467 e. The zero-order chi connectivity index (χ0) is 24.8. The second-order valence-corrected chi connectivity index (χ2v) is 13.8. The van der Waals surface area contributed by atoms with Crippen LogP contribution in [0.1, 0.15) is 81.1 Å². The van der Waals surface area contributed by atoms with Gasteiger partial charge in [-0.15, -0.1) is 0 Å². The van der Waals surface area contributed by atoms with Crippen molar-refractivity contribution < 1.29 is 28.7 Å². The highest BCUT2D eigenvalue weighted by atomic mass is 17.0. The number of ether oxygens (including phenoxy) is 3. The standard InChI is InChI=1S/C27H45NO6/c1-15-16-10-11-18-20(22(29)30-9)33-28(27(16,18)8)34-23(15)32-19-17-12-13-26(7,25(17,5)6)21(19)31-14-24(2,3)4/h15-21,23H,10-14H2,1-9H3/t15-,16+,17-,18-,19-,20+,21-,23+,26+,27-/m1/s1. The van der Waals surface area contributed by atoms with E-state index in [1.54, 1.807) is 5.23 Å². The van der Waals surface area contributed by atoms with Crippen LogP contribution >= 0.6 is 0 Å². The summed E-state index contributed by atoms with van der Waals surface area (Å²) < 4.78 is 18.6. The summed E-state index contributed by atoms with van der Waals surface area (Å²) in [7, 11) is 1.42. The van der Waals surface area contributed by atoms with Gasteiger partial charge in [0.15, 0.2) is 12.4 Å². The first-order valence-corrected chi connectivity index (χ1v) is 13.2. The minimum absolute atomic E-state index is 0.0240. The highest BCUT2D eigenvalue weighted by Crippen LogP contribution is 2.67. The van der Waals surface area contributed by atoms with Gasteiger partial charge in [-0.25, -0.2) is 9.63 Å². The molecule has 0 unspecified atom stereocenters. The molecule has 2 bridgehead atoms. The molecule has 2 heterocycles. The summed E-state index contributed by atoms with van der Waals surface area (Å²) in [5.74, 6) is 0.668. The first-order valence-electron chi connectivity index (χ1n) is 13.2. The predicted molar refractivity (Wildman–Crippen MR) is 126 cm³/mol. The lowest BCUT2D eigenvalue weighted by molar-refractivity contribution is -0.475. The fraction of sp³-hybridized carbons (Fsp3) is 0.963. The normalized spacial score (nSPS) is 49.4. The third-order valence-corrected chi connectivity index (χ3v) is 10.6. The molecule has 7 heteroatoms. The SMILES string of the molecule is COC(=O)[C@H]1ON2O[C@H](O[C@@H]3[C@H]4CC[C@@](C)([C@@H]3OCC(C)(C)C)C4(C)C)[C@H](C)[C@@H]3CC[C@H]1[C@@]32C. The van der Waals surface area contributed by atoms with E-state index in [1.165, 1.54) is 13.5 Å². The van der Waals surface area contributed by atoms with Gasteiger partial charge in [0, 0.05) is 17.3 Å². The van der Waals surface area contributed by atoms with Gasteiger partial charge < -0.3 is 14.2 Å². The molecule has 2 saturated heterocycles. The van der Waals surface area contributed by atoms with E-state index >= 15 is 0 Å². The van der Waals surface area contributed by atoms with E-state index in [0.717, 1.165) is 19.3 Å². The minimum Gasteiger partial charge on any atom is -0.467 e. The smallest absolute Gasteiger partial charge is 0.337 e. The first kappa shape index (κ1) is 24.9. The van der Waals surface area contributed by atoms with E-state index in [2.05, 4.69) is 55.4 Å². The van der Waals surface area contributed by atoms with Crippen LogP contribution in [0.4, 0.5) is 0 Å². The van der Waals surface area contributed by atoms with Crippen LogP contribution in [0.5, 0.6) is 0 Å². The molecule has 0 spiro atoms. The van der Waals surface area contributed by atoms with Gasteiger partial charge in [-0.2, -0.15) is 0 Å². The third-order valence-electron chi connectivity index (χ3n) is 10.6. The zero-order valence-electron chi connectivity index (χ0n) is 22.6. The summed E-state index contributed by atoms with van der Waals surface area (Å²) in [4.78, 5) is 24.9. The Balaban J connectivity index is 1.39. The Kier molecular flexibility index (Phi) is 5.78. The molecule has 0 aromatic rings. The van der Waals surface area contributed by atoms with Crippen LogP contribution in [0.3, 0.4) is 0 Å². The van der Waals surface area contributed by atoms with Gasteiger partial charge >= 0.3 is 5.97 Å². The van der Waals surface area contributed by atoms with Crippen molar-refractivity contribution in [1.29, 1.82) is 0 Å². The van der Waals surface area contributed by atoms with Gasteiger partial charge in [-0.05, 0) is 55.3 Å². The maximum absolute atomic E-state index is 12.4. The molecule has 0 aromatic heterocycles. The summed E-state index contributed by atoms with van der Waals surface area (Å²) >= 11 is 0. The van der Waals surface area contributed by atoms with Crippen molar-refractivity contribution in [3.05, 3.63) is 0 Å². The molecule has 7 nitrogen and oxygen atoms in total. The van der Waals surface area contributed by atoms with E-state index in [4.69, 9.17) is 23.9 Å². The molecule has 3 saturated carbocycles. The maximum atomic E-state index is 12.4. The predicted octanol–water partition coefficient (Wildman–Crippen LogP) is 4.74. The minimum atomic E-state index is -0.617. The van der Waals surface area contributed by atoms with E-state index in [9.17, 15) is 4.79 Å². The van der Waals surface area contributed by atoms with E-state index in [0.29, 0.717) is 18.4 Å². The number of rotatable bonds is 5. The van der Waals surface area contributed by atoms with E-state index < -0.39 is 12.4 Å². The van der Waals surface area contributed by atoms with Crippen LogP contribution < -0.4 is 0 Å². The molecule has 34 heavy (non-hydrogen) atoms. The Bertz CT molecular complexity index is 824. The van der Waals surface area contributed by atoms with Gasteiger partial charge in [-0.3, -0.25) is 4.84 Å². The first-order chi connectivity index (χ1) is 15.8. The maximum Gasteiger partial charge on any atom is 0.337 e. The number of esters is 1. The van der Waals surface area contributed by atoms with Crippen molar-refractivity contribution in [3.63, 3.8) is 0 Å². The topological polar surface area (TPSA) is 66.5 Å². The lowest BCUT2D eigenvalue weighted by Gasteiger charge is -2.49. The summed E-state index contributed by atoms with van der Waals surface area (Å²) in [5.41, 5.74) is -0.0571. The summed E-state index contributed by atoms with van der Waals surface area (Å²) in [6.07, 6.45) is 3.23. The molecule has 194 valence electrons. The number of hydroxylamine groups is 2. The van der Waals surface area contributed by atoms with Crippen molar-refractivity contribution in [2.75, 3.05) is 13.7 Å². The lowest BCUT2D eigenvalue weighted by atomic mass is 9.70. The summed E-state index contributed by atoms with van der Waals surface area (Å²) in [5, 5.41) is 1.60. The number of carbonyl (C=O) groups excluding carboxylic acids is 1. The molecular weight excluding hydrogens is 434 g/mol. The molecule has 0 aromatic carbocycles. The molecule has 0 radical (unpaired) electrons. The Hall–Kier alpha value is -0.730. The molecule has 5 rings (SSSR count). The van der Waals surface area contributed by atoms with Crippen molar-refractivity contribution in [3.8, 4) is 0 Å². The highest BCUT2D eigenvalue weighted by Gasteiger charge is 2.70. The van der Waals surface area contributed by atoms with Crippen molar-refractivity contribution in [2.24, 2.45) is 39.9 Å². The van der Waals surface area contributed by atoms with Gasteiger partial charge in [-0.1, -0.05) is 53.7 Å². The second-order valence-electron chi connectivity index (χ2n) is 13.8. The molecule has 5 fully saturated rings. The van der Waals surface area contributed by atoms with Crippen LogP contribution in [-0.4, -0.2) is 55.1 Å². The fourth-order valence-corrected chi connectivity index (χ4v) is 8.18. The summed E-state index contributed by atoms with van der Waals surface area (Å²) in [6.45, 7) is 18.9. The second kappa shape index (κ2) is 7.88. The lowest BCUT2D eigenvalue weighted by Crippen LogP contribution is -2.59. The highest BCUT2D eigenvalue weighted by molar-refractivity contribution is 5.75. The van der Waals surface area contributed by atoms with E-state index in [-0.39, 0.29) is 51.8 Å². The molecule has 0 N–H and O–H groups in total. The molecule has 5 aliphatic rings. The molecule has 10 atom stereocenters. The number of nitrogens with zero attached hydrogens (tertiary/aromatic N) is 1. The fourth-order valence-electron chi connectivity index (χ4n) is 8.18. The number of carbonyl (C=O) groups is 1. The van der Waals surface area contributed by atoms with Gasteiger partial charge in [0.25, 0.3) is 0 Å². The molecule has 2 aliphatic heterocycles. The number of hydrogen-bond donors (Lipinski definition) is 0. The van der Waals surface area contributed by atoms with Crippen molar-refractivity contribution in [1.82, 2.24) is 5.23 Å². The van der Waals surface area contributed by atoms with Crippen LogP contribution in [0.15, 0.2) is 0 Å². The Morgan fingerprint density at radius 1 is 1.03 bits per heavy atom. The van der Waals surface area contributed by atoms with E-state index in [1.807, 2.05) is 0 Å². The Morgan fingerprint density at radius 2 is 1.71 bits per heavy atom. The van der Waals surface area contributed by atoms with Gasteiger partial charge in [0.2, 0.25) is 0 Å². The molecule has 0 amide bonds. The van der Waals surface area contributed by atoms with Crippen LogP contribution in [0, 0.1) is 39.9 Å². The van der Waals surface area contributed by atoms with Crippen LogP contribution in [-0.2, 0) is 28.7 Å². The van der Waals surface area contributed by atoms with Crippen LogP contribution in [0.25, 0.3) is 0 Å². The quantitative estimate of drug-likeness (QED) is 0.528. The van der Waals surface area contributed by atoms with Crippen molar-refractivity contribution >= 4 is 5.97 Å². The van der Waals surface area contributed by atoms with Crippen molar-refractivity contribution in [2.45, 2.75) is 111 Å². The molecular formula is C27H45NO6. The average molecular weight is 480 g/mol. The number of hydrogen-bond acceptors (Lipinski definition) is 7. The number of fused-ring (bicyclic) bond motifs is 2. The summed E-state index contributed by atoms with van der Waals surface area (Å²) in [6, 6.07) is 0. The average Bonchev–Trinajstić information content (AvgIpc) is 3.36. The Labute approximate surface area is 205 Å². The molecule has 3 aliphatic carbocycles. The number of methoxy groups -OCH3 is 1.